The first-order valence-electron chi connectivity index (χ1n) is 9.52. The molecule has 0 amide bonds. The Morgan fingerprint density at radius 1 is 1.28 bits per heavy atom. The Labute approximate surface area is 183 Å². The van der Waals surface area contributed by atoms with E-state index in [0.29, 0.717) is 44.0 Å². The number of aryl methyl sites for hydroxylation is 1. The minimum Gasteiger partial charge on any atom is -0.403 e. The van der Waals surface area contributed by atoms with E-state index in [0.717, 1.165) is 18.0 Å². The molecule has 0 spiro atoms. The number of H-pyrrole nitrogens is 1. The van der Waals surface area contributed by atoms with Gasteiger partial charge in [0.1, 0.15) is 11.5 Å². The second kappa shape index (κ2) is 7.97. The molecule has 164 valence electrons. The van der Waals surface area contributed by atoms with Crippen LogP contribution >= 0.6 is 0 Å². The summed E-state index contributed by atoms with van der Waals surface area (Å²) in [6.45, 7) is 4.11. The van der Waals surface area contributed by atoms with Crippen molar-refractivity contribution in [2.75, 3.05) is 11.0 Å². The zero-order valence-corrected chi connectivity index (χ0v) is 18.2. The third-order valence-corrected chi connectivity index (χ3v) is 5.49. The number of pyridine rings is 1. The van der Waals surface area contributed by atoms with Gasteiger partial charge in [0.2, 0.25) is 10.0 Å². The highest BCUT2D eigenvalue weighted by Crippen LogP contribution is 2.29. The Morgan fingerprint density at radius 2 is 2.00 bits per heavy atom. The Bertz CT molecular complexity index is 1570. The minimum absolute atomic E-state index is 0.315. The van der Waals surface area contributed by atoms with Gasteiger partial charge in [-0.25, -0.2) is 17.8 Å². The van der Waals surface area contributed by atoms with E-state index >= 15 is 4.39 Å². The molecule has 0 fully saturated rings. The van der Waals surface area contributed by atoms with E-state index in [9.17, 15) is 8.42 Å². The molecule has 1 aromatic carbocycles. The topological polar surface area (TPSA) is 119 Å². The number of hydrogen-bond donors (Lipinski definition) is 3. The number of rotatable bonds is 5. The molecule has 4 aromatic rings. The molecule has 0 aliphatic rings. The summed E-state index contributed by atoms with van der Waals surface area (Å²) >= 11 is 0. The van der Waals surface area contributed by atoms with Crippen LogP contribution in [0.1, 0.15) is 5.56 Å². The molecule has 0 aliphatic carbocycles. The van der Waals surface area contributed by atoms with Crippen molar-refractivity contribution < 1.29 is 12.8 Å². The van der Waals surface area contributed by atoms with E-state index < -0.39 is 15.8 Å². The lowest BCUT2D eigenvalue weighted by Gasteiger charge is -2.08. The van der Waals surface area contributed by atoms with Crippen molar-refractivity contribution in [3.05, 3.63) is 71.4 Å². The number of sulfonamides is 1. The summed E-state index contributed by atoms with van der Waals surface area (Å²) in [5.74, 6) is -0.523. The number of fused-ring (bicyclic) bond motifs is 1. The third kappa shape index (κ3) is 4.12. The quantitative estimate of drug-likeness (QED) is 0.426. The maximum atomic E-state index is 15.1. The van der Waals surface area contributed by atoms with Gasteiger partial charge < -0.3 is 10.7 Å². The monoisotopic (exact) mass is 452 g/mol. The Kier molecular flexibility index (Phi) is 5.31. The molecule has 32 heavy (non-hydrogen) atoms. The number of benzene rings is 1. The maximum absolute atomic E-state index is 15.1. The van der Waals surface area contributed by atoms with Gasteiger partial charge in [0.15, 0.2) is 0 Å². The number of allylic oxidation sites excluding steroid dienone is 1. The number of nitrogens with one attached hydrogen (secondary N) is 2. The van der Waals surface area contributed by atoms with Crippen LogP contribution < -0.4 is 21.0 Å². The van der Waals surface area contributed by atoms with Gasteiger partial charge >= 0.3 is 0 Å². The zero-order chi connectivity index (χ0) is 23.0. The van der Waals surface area contributed by atoms with E-state index in [-0.39, 0.29) is 0 Å². The lowest BCUT2D eigenvalue weighted by molar-refractivity contribution is 0.607. The summed E-state index contributed by atoms with van der Waals surface area (Å²) in [4.78, 5) is 7.29. The van der Waals surface area contributed by atoms with Crippen molar-refractivity contribution in [3.63, 3.8) is 0 Å². The average molecular weight is 453 g/mol. The molecule has 8 nitrogen and oxygen atoms in total. The van der Waals surface area contributed by atoms with E-state index in [1.165, 1.54) is 6.20 Å². The minimum atomic E-state index is -3.42. The number of hydrogen-bond acceptors (Lipinski definition) is 5. The molecule has 3 heterocycles. The molecular formula is C22H21FN6O2S. The Balaban J connectivity index is 1.94. The van der Waals surface area contributed by atoms with Crippen molar-refractivity contribution in [1.82, 2.24) is 19.7 Å². The highest BCUT2D eigenvalue weighted by atomic mass is 32.2. The fraction of sp³-hybridized carbons (Fsp3) is 0.0909. The van der Waals surface area contributed by atoms with Crippen LogP contribution in [0.25, 0.3) is 40.0 Å². The molecule has 10 heteroatoms. The zero-order valence-electron chi connectivity index (χ0n) is 17.4. The predicted octanol–water partition coefficient (Wildman–Crippen LogP) is 1.66. The first kappa shape index (κ1) is 21.3. The summed E-state index contributed by atoms with van der Waals surface area (Å²) < 4.78 is 42.1. The molecule has 0 bridgehead atoms. The van der Waals surface area contributed by atoms with Gasteiger partial charge in [0.25, 0.3) is 0 Å². The van der Waals surface area contributed by atoms with E-state index in [1.807, 2.05) is 6.20 Å². The first-order chi connectivity index (χ1) is 15.2. The smallest absolute Gasteiger partial charge is 0.229 e. The molecule has 3 aromatic heterocycles. The highest BCUT2D eigenvalue weighted by Gasteiger charge is 2.15. The number of nitrogens with zero attached hydrogens (tertiary/aromatic N) is 3. The molecule has 0 radical (unpaired) electrons. The van der Waals surface area contributed by atoms with Crippen LogP contribution in [0.4, 0.5) is 10.1 Å². The maximum Gasteiger partial charge on any atom is 0.229 e. The van der Waals surface area contributed by atoms with Crippen LogP contribution in [-0.2, 0) is 17.1 Å². The van der Waals surface area contributed by atoms with Crippen LogP contribution in [0, 0.1) is 5.82 Å². The molecule has 0 saturated heterocycles. The second-order valence-electron chi connectivity index (χ2n) is 7.35. The molecule has 0 saturated carbocycles. The summed E-state index contributed by atoms with van der Waals surface area (Å²) in [7, 11) is -1.61. The largest absolute Gasteiger partial charge is 0.403 e. The van der Waals surface area contributed by atoms with Gasteiger partial charge in [-0.15, -0.1) is 0 Å². The summed E-state index contributed by atoms with van der Waals surface area (Å²) in [6.07, 6.45) is 8.91. The molecular weight excluding hydrogens is 431 g/mol. The Hall–Kier alpha value is -3.92. The van der Waals surface area contributed by atoms with Gasteiger partial charge in [0.05, 0.1) is 24.0 Å². The van der Waals surface area contributed by atoms with Gasteiger partial charge in [-0.3, -0.25) is 9.40 Å². The van der Waals surface area contributed by atoms with Gasteiger partial charge in [-0.2, -0.15) is 5.10 Å². The molecule has 4 rings (SSSR count). The van der Waals surface area contributed by atoms with E-state index in [1.54, 1.807) is 48.3 Å². The van der Waals surface area contributed by atoms with Crippen molar-refractivity contribution >= 4 is 44.6 Å². The van der Waals surface area contributed by atoms with Gasteiger partial charge in [-0.1, -0.05) is 18.7 Å². The van der Waals surface area contributed by atoms with Gasteiger partial charge in [0, 0.05) is 46.9 Å². The number of anilines is 1. The number of nitrogens with two attached hydrogens (primary N) is 1. The Morgan fingerprint density at radius 3 is 2.59 bits per heavy atom. The normalized spacial score (nSPS) is 13.1. The SMILES string of the molecule is C=C(/C=c1\c(=C/N)[nH]c2ncc(F)c(-c3ccc(NS(C)(=O)=O)cc3)c12)c1cnn(C)c1. The number of aromatic amines is 1. The van der Waals surface area contributed by atoms with Crippen LogP contribution in [0.3, 0.4) is 0 Å². The average Bonchev–Trinajstić information content (AvgIpc) is 3.31. The van der Waals surface area contributed by atoms with Gasteiger partial charge in [-0.05, 0) is 29.3 Å². The fourth-order valence-electron chi connectivity index (χ4n) is 3.50. The van der Waals surface area contributed by atoms with Crippen molar-refractivity contribution in [3.8, 4) is 11.1 Å². The van der Waals surface area contributed by atoms with E-state index in [2.05, 4.69) is 26.4 Å². The first-order valence-corrected chi connectivity index (χ1v) is 11.4. The summed E-state index contributed by atoms with van der Waals surface area (Å²) in [5.41, 5.74) is 9.02. The number of halogens is 1. The third-order valence-electron chi connectivity index (χ3n) is 4.88. The molecule has 0 atom stereocenters. The lowest BCUT2D eigenvalue weighted by atomic mass is 10.0. The standard InChI is InChI=1S/C22H21FN6O2S/c1-13(15-10-26-29(2)12-15)8-17-19(9-24)27-22-21(17)20(18(23)11-25-22)14-4-6-16(7-5-14)28-32(3,30)31/h4-12,28H,1,24H2,2-3H3,(H,25,27)/b17-8+,19-9+. The second-order valence-corrected chi connectivity index (χ2v) is 9.10. The van der Waals surface area contributed by atoms with Crippen molar-refractivity contribution in [2.45, 2.75) is 0 Å². The van der Waals surface area contributed by atoms with Crippen LogP contribution in [0.15, 0.2) is 49.4 Å². The fourth-order valence-corrected chi connectivity index (χ4v) is 4.07. The van der Waals surface area contributed by atoms with Crippen molar-refractivity contribution in [2.24, 2.45) is 12.8 Å². The number of aromatic nitrogens is 4. The predicted molar refractivity (Wildman–Crippen MR) is 125 cm³/mol. The summed E-state index contributed by atoms with van der Waals surface area (Å²) in [6, 6.07) is 6.43. The molecule has 4 N–H and O–H groups in total. The lowest BCUT2D eigenvalue weighted by Crippen LogP contribution is -2.24. The van der Waals surface area contributed by atoms with Crippen LogP contribution in [-0.4, -0.2) is 34.4 Å². The van der Waals surface area contributed by atoms with Crippen LogP contribution in [0.5, 0.6) is 0 Å². The van der Waals surface area contributed by atoms with Crippen molar-refractivity contribution in [1.29, 1.82) is 0 Å². The van der Waals surface area contributed by atoms with Crippen LogP contribution in [0.2, 0.25) is 0 Å². The molecule has 0 unspecified atom stereocenters. The highest BCUT2D eigenvalue weighted by molar-refractivity contribution is 7.92. The van der Waals surface area contributed by atoms with E-state index in [4.69, 9.17) is 5.73 Å². The summed E-state index contributed by atoms with van der Waals surface area (Å²) in [5, 5.41) is 5.90. The molecule has 0 aliphatic heterocycles.